The van der Waals surface area contributed by atoms with Crippen LogP contribution in [0, 0.1) is 0 Å². The van der Waals surface area contributed by atoms with Crippen molar-refractivity contribution in [2.75, 3.05) is 6.54 Å². The molecule has 146 valence electrons. The minimum absolute atomic E-state index is 0.175. The zero-order valence-electron chi connectivity index (χ0n) is 16.0. The lowest BCUT2D eigenvalue weighted by atomic mass is 9.95. The Kier molecular flexibility index (Phi) is 5.36. The van der Waals surface area contributed by atoms with Gasteiger partial charge in [0.1, 0.15) is 6.04 Å². The van der Waals surface area contributed by atoms with Crippen LogP contribution >= 0.6 is 11.6 Å². The van der Waals surface area contributed by atoms with Crippen LogP contribution in [-0.2, 0) is 4.79 Å². The number of rotatable bonds is 5. The van der Waals surface area contributed by atoms with E-state index in [9.17, 15) is 9.59 Å². The van der Waals surface area contributed by atoms with Crippen LogP contribution in [0.1, 0.15) is 46.1 Å². The van der Waals surface area contributed by atoms with Crippen molar-refractivity contribution in [3.05, 3.63) is 106 Å². The number of carbonyl (C=O) groups is 2. The molecular formula is C24H21ClN2O2. The maximum Gasteiger partial charge on any atom is 0.255 e. The van der Waals surface area contributed by atoms with Crippen LogP contribution in [-0.4, -0.2) is 23.3 Å². The molecule has 0 spiro atoms. The molecule has 0 fully saturated rings. The fourth-order valence-electron chi connectivity index (χ4n) is 3.95. The molecule has 1 unspecified atom stereocenters. The van der Waals surface area contributed by atoms with Gasteiger partial charge in [0.05, 0.1) is 6.04 Å². The van der Waals surface area contributed by atoms with E-state index in [1.165, 1.54) is 0 Å². The number of carbonyl (C=O) groups excluding carboxylic acids is 2. The minimum atomic E-state index is -0.749. The third-order valence-corrected chi connectivity index (χ3v) is 5.39. The molecule has 1 atom stereocenters. The zero-order chi connectivity index (χ0) is 20.4. The number of benzene rings is 3. The second kappa shape index (κ2) is 8.10. The van der Waals surface area contributed by atoms with E-state index < -0.39 is 12.1 Å². The number of fused-ring (bicyclic) bond motifs is 1. The van der Waals surface area contributed by atoms with Crippen molar-refractivity contribution in [3.63, 3.8) is 0 Å². The predicted molar refractivity (Wildman–Crippen MR) is 114 cm³/mol. The summed E-state index contributed by atoms with van der Waals surface area (Å²) in [7, 11) is 0. The predicted octanol–water partition coefficient (Wildman–Crippen LogP) is 4.76. The van der Waals surface area contributed by atoms with Gasteiger partial charge in [-0.2, -0.15) is 0 Å². The summed E-state index contributed by atoms with van der Waals surface area (Å²) >= 11 is 6.22. The topological polar surface area (TPSA) is 49.4 Å². The highest BCUT2D eigenvalue weighted by Crippen LogP contribution is 2.43. The van der Waals surface area contributed by atoms with Gasteiger partial charge in [-0.05, 0) is 41.8 Å². The number of hydrogen-bond acceptors (Lipinski definition) is 2. The fraction of sp³-hybridized carbons (Fsp3) is 0.167. The van der Waals surface area contributed by atoms with Gasteiger partial charge in [-0.15, -0.1) is 0 Å². The molecule has 0 aliphatic carbocycles. The Balaban J connectivity index is 1.91. The second-order valence-electron chi connectivity index (χ2n) is 6.97. The van der Waals surface area contributed by atoms with E-state index in [1.54, 1.807) is 23.1 Å². The number of halogens is 1. The third-order valence-electron chi connectivity index (χ3n) is 5.16. The molecule has 1 N–H and O–H groups in total. The number of nitrogens with one attached hydrogen (secondary N) is 1. The van der Waals surface area contributed by atoms with E-state index in [4.69, 9.17) is 11.6 Å². The Morgan fingerprint density at radius 2 is 1.59 bits per heavy atom. The van der Waals surface area contributed by atoms with Crippen LogP contribution in [0.15, 0.2) is 78.9 Å². The first-order valence-corrected chi connectivity index (χ1v) is 9.99. The molecule has 0 bridgehead atoms. The van der Waals surface area contributed by atoms with Crippen molar-refractivity contribution < 1.29 is 9.59 Å². The number of likely N-dealkylation sites (N-methyl/N-ethyl adjacent to an activating group) is 1. The number of amides is 2. The maximum atomic E-state index is 13.5. The van der Waals surface area contributed by atoms with Crippen LogP contribution in [0.4, 0.5) is 0 Å². The summed E-state index contributed by atoms with van der Waals surface area (Å²) in [4.78, 5) is 28.3. The summed E-state index contributed by atoms with van der Waals surface area (Å²) in [5.74, 6) is -0.385. The number of nitrogens with zero attached hydrogens (tertiary/aromatic N) is 1. The molecule has 1 aliphatic heterocycles. The van der Waals surface area contributed by atoms with E-state index >= 15 is 0 Å². The smallest absolute Gasteiger partial charge is 0.255 e. The lowest BCUT2D eigenvalue weighted by Crippen LogP contribution is -2.41. The highest BCUT2D eigenvalue weighted by Gasteiger charge is 2.45. The SMILES string of the molecule is CCNC(=O)C1c2cc(Cl)ccc2C(=O)N1C(c1ccccc1)c1ccccc1. The summed E-state index contributed by atoms with van der Waals surface area (Å²) < 4.78 is 0. The van der Waals surface area contributed by atoms with Gasteiger partial charge in [0.25, 0.3) is 5.91 Å². The van der Waals surface area contributed by atoms with Crippen molar-refractivity contribution >= 4 is 23.4 Å². The summed E-state index contributed by atoms with van der Waals surface area (Å²) in [5.41, 5.74) is 3.05. The summed E-state index contributed by atoms with van der Waals surface area (Å²) in [5, 5.41) is 3.38. The van der Waals surface area contributed by atoms with E-state index in [-0.39, 0.29) is 11.8 Å². The summed E-state index contributed by atoms with van der Waals surface area (Å²) in [6.45, 7) is 2.35. The van der Waals surface area contributed by atoms with Gasteiger partial charge < -0.3 is 10.2 Å². The Labute approximate surface area is 175 Å². The van der Waals surface area contributed by atoms with Gasteiger partial charge >= 0.3 is 0 Å². The standard InChI is InChI=1S/C24H21ClN2O2/c1-2-26-23(28)22-20-15-18(25)13-14-19(20)24(29)27(22)21(16-9-5-3-6-10-16)17-11-7-4-8-12-17/h3-15,21-22H,2H2,1H3,(H,26,28). The van der Waals surface area contributed by atoms with Crippen LogP contribution in [0.25, 0.3) is 0 Å². The largest absolute Gasteiger partial charge is 0.354 e. The number of hydrogen-bond donors (Lipinski definition) is 1. The van der Waals surface area contributed by atoms with Gasteiger partial charge in [-0.25, -0.2) is 0 Å². The van der Waals surface area contributed by atoms with E-state index in [1.807, 2.05) is 67.6 Å². The Morgan fingerprint density at radius 3 is 2.14 bits per heavy atom. The van der Waals surface area contributed by atoms with E-state index in [2.05, 4.69) is 5.32 Å². The zero-order valence-corrected chi connectivity index (χ0v) is 16.8. The van der Waals surface area contributed by atoms with Gasteiger partial charge in [0.15, 0.2) is 0 Å². The summed E-state index contributed by atoms with van der Waals surface area (Å²) in [6.07, 6.45) is 0. The van der Waals surface area contributed by atoms with Crippen molar-refractivity contribution in [3.8, 4) is 0 Å². The van der Waals surface area contributed by atoms with E-state index in [0.29, 0.717) is 22.7 Å². The Morgan fingerprint density at radius 1 is 1.00 bits per heavy atom. The highest BCUT2D eigenvalue weighted by atomic mass is 35.5. The van der Waals surface area contributed by atoms with Crippen molar-refractivity contribution in [2.24, 2.45) is 0 Å². The molecule has 1 aliphatic rings. The van der Waals surface area contributed by atoms with Crippen molar-refractivity contribution in [1.82, 2.24) is 10.2 Å². The lowest BCUT2D eigenvalue weighted by Gasteiger charge is -2.33. The molecule has 5 heteroatoms. The molecule has 0 radical (unpaired) electrons. The first kappa shape index (κ1) is 19.2. The summed E-state index contributed by atoms with van der Waals surface area (Å²) in [6, 6.07) is 23.5. The maximum absolute atomic E-state index is 13.5. The first-order valence-electron chi connectivity index (χ1n) is 9.61. The molecular weight excluding hydrogens is 384 g/mol. The van der Waals surface area contributed by atoms with Crippen LogP contribution in [0.5, 0.6) is 0 Å². The molecule has 4 rings (SSSR count). The molecule has 4 nitrogen and oxygen atoms in total. The first-order chi connectivity index (χ1) is 14.1. The molecule has 0 saturated carbocycles. The van der Waals surface area contributed by atoms with Crippen LogP contribution < -0.4 is 5.32 Å². The molecule has 1 heterocycles. The fourth-order valence-corrected chi connectivity index (χ4v) is 4.13. The lowest BCUT2D eigenvalue weighted by molar-refractivity contribution is -0.126. The third kappa shape index (κ3) is 3.52. The van der Waals surface area contributed by atoms with Crippen molar-refractivity contribution in [1.29, 1.82) is 0 Å². The van der Waals surface area contributed by atoms with Crippen LogP contribution in [0.3, 0.4) is 0 Å². The van der Waals surface area contributed by atoms with Crippen molar-refractivity contribution in [2.45, 2.75) is 19.0 Å². The Bertz CT molecular complexity index is 998. The average molecular weight is 405 g/mol. The van der Waals surface area contributed by atoms with Gasteiger partial charge in [-0.1, -0.05) is 72.3 Å². The normalized spacial score (nSPS) is 15.5. The van der Waals surface area contributed by atoms with Crippen LogP contribution in [0.2, 0.25) is 5.02 Å². The molecule has 0 aromatic heterocycles. The monoisotopic (exact) mass is 404 g/mol. The van der Waals surface area contributed by atoms with Gasteiger partial charge in [-0.3, -0.25) is 9.59 Å². The molecule has 2 amide bonds. The Hall–Kier alpha value is -3.11. The molecule has 29 heavy (non-hydrogen) atoms. The van der Waals surface area contributed by atoms with E-state index in [0.717, 1.165) is 11.1 Å². The quantitative estimate of drug-likeness (QED) is 0.666. The molecule has 0 saturated heterocycles. The highest BCUT2D eigenvalue weighted by molar-refractivity contribution is 6.31. The van der Waals surface area contributed by atoms with Gasteiger partial charge in [0, 0.05) is 17.1 Å². The molecule has 3 aromatic rings. The second-order valence-corrected chi connectivity index (χ2v) is 7.40. The molecule has 3 aromatic carbocycles. The van der Waals surface area contributed by atoms with Gasteiger partial charge in [0.2, 0.25) is 5.91 Å². The minimum Gasteiger partial charge on any atom is -0.354 e. The average Bonchev–Trinajstić information content (AvgIpc) is 3.02.